The molecule has 0 saturated carbocycles. The summed E-state index contributed by atoms with van der Waals surface area (Å²) in [7, 11) is 3.28. The van der Waals surface area contributed by atoms with Crippen molar-refractivity contribution in [2.24, 2.45) is 0 Å². The summed E-state index contributed by atoms with van der Waals surface area (Å²) in [6.45, 7) is 6.14. The van der Waals surface area contributed by atoms with Gasteiger partial charge in [-0.25, -0.2) is 0 Å². The lowest BCUT2D eigenvalue weighted by Crippen LogP contribution is -1.98. The van der Waals surface area contributed by atoms with Crippen molar-refractivity contribution in [2.75, 3.05) is 19.8 Å². The van der Waals surface area contributed by atoms with Crippen LogP contribution in [0.3, 0.4) is 0 Å². The van der Waals surface area contributed by atoms with Crippen LogP contribution in [0.15, 0.2) is 0 Å². The smallest absolute Gasteiger partial charge is 0.0700 e. The summed E-state index contributed by atoms with van der Waals surface area (Å²) in [6.07, 6.45) is 4.12. The zero-order chi connectivity index (χ0) is 8.36. The summed E-state index contributed by atoms with van der Waals surface area (Å²) < 4.78 is 9.96. The summed E-state index contributed by atoms with van der Waals surface area (Å²) >= 11 is 0. The van der Waals surface area contributed by atoms with Gasteiger partial charge in [0.25, 0.3) is 0 Å². The van der Waals surface area contributed by atoms with Crippen LogP contribution in [-0.4, -0.2) is 19.8 Å². The van der Waals surface area contributed by atoms with Gasteiger partial charge in [-0.15, -0.1) is 0 Å². The lowest BCUT2D eigenvalue weighted by atomic mass is 10.3. The van der Waals surface area contributed by atoms with Gasteiger partial charge in [-0.05, 0) is 19.3 Å². The van der Waals surface area contributed by atoms with Crippen LogP contribution >= 0.6 is 0 Å². The maximum atomic E-state index is 5.30. The maximum absolute atomic E-state index is 5.30. The van der Waals surface area contributed by atoms with Crippen LogP contribution in [0.25, 0.3) is 0 Å². The zero-order valence-corrected chi connectivity index (χ0v) is 7.18. The fourth-order valence-electron chi connectivity index (χ4n) is 0.714. The molecule has 0 aliphatic carbocycles. The molecule has 0 N–H and O–H groups in total. The third-order valence-corrected chi connectivity index (χ3v) is 1.37. The molecule has 2 heteroatoms. The van der Waals surface area contributed by atoms with E-state index in [9.17, 15) is 0 Å². The fourth-order valence-corrected chi connectivity index (χ4v) is 0.714. The van der Waals surface area contributed by atoms with E-state index in [1.807, 2.05) is 0 Å². The van der Waals surface area contributed by atoms with Gasteiger partial charge in [-0.2, -0.15) is 0 Å². The summed E-state index contributed by atoms with van der Waals surface area (Å²) in [5.41, 5.74) is 0. The van der Waals surface area contributed by atoms with Gasteiger partial charge >= 0.3 is 0 Å². The zero-order valence-electron chi connectivity index (χ0n) is 7.18. The van der Waals surface area contributed by atoms with Gasteiger partial charge in [-0.3, -0.25) is 0 Å². The number of hydrogen-bond acceptors (Lipinski definition) is 2. The molecule has 0 unspecified atom stereocenters. The quantitative estimate of drug-likeness (QED) is 0.504. The minimum absolute atomic E-state index is 0.735. The molecular weight excluding hydrogens is 140 g/mol. The van der Waals surface area contributed by atoms with E-state index in [4.69, 9.17) is 4.74 Å². The van der Waals surface area contributed by atoms with Crippen LogP contribution in [0.2, 0.25) is 0 Å². The SMILES string of the molecule is [CH2]CCCOCCCCO[CH2]. The van der Waals surface area contributed by atoms with Crippen molar-refractivity contribution in [3.8, 4) is 0 Å². The minimum atomic E-state index is 0.735. The van der Waals surface area contributed by atoms with E-state index in [1.165, 1.54) is 0 Å². The standard InChI is InChI=1S/C9H18O2/c1-3-4-8-11-9-6-5-7-10-2/h1-9H2. The molecule has 0 heterocycles. The molecule has 2 radical (unpaired) electrons. The van der Waals surface area contributed by atoms with Crippen LogP contribution in [-0.2, 0) is 9.47 Å². The predicted molar refractivity (Wildman–Crippen MR) is 46.0 cm³/mol. The highest BCUT2D eigenvalue weighted by Crippen LogP contribution is 1.93. The molecule has 0 aromatic carbocycles. The number of hydrogen-bond donors (Lipinski definition) is 0. The first-order valence-corrected chi connectivity index (χ1v) is 4.15. The molecule has 0 aliphatic rings. The highest BCUT2D eigenvalue weighted by Gasteiger charge is 1.88. The maximum Gasteiger partial charge on any atom is 0.0700 e. The Labute approximate surface area is 69.9 Å². The van der Waals surface area contributed by atoms with Crippen LogP contribution in [0.5, 0.6) is 0 Å². The monoisotopic (exact) mass is 158 g/mol. The second-order valence-corrected chi connectivity index (χ2v) is 2.43. The van der Waals surface area contributed by atoms with E-state index >= 15 is 0 Å². The van der Waals surface area contributed by atoms with Crippen LogP contribution < -0.4 is 0 Å². The molecule has 0 spiro atoms. The molecule has 66 valence electrons. The minimum Gasteiger partial charge on any atom is -0.381 e. The summed E-state index contributed by atoms with van der Waals surface area (Å²) in [6, 6.07) is 0. The first-order valence-electron chi connectivity index (χ1n) is 4.15. The van der Waals surface area contributed by atoms with Gasteiger partial charge in [0.1, 0.15) is 0 Å². The van der Waals surface area contributed by atoms with Gasteiger partial charge in [0, 0.05) is 19.8 Å². The Morgan fingerprint density at radius 3 is 2.18 bits per heavy atom. The Hall–Kier alpha value is -0.0800. The van der Waals surface area contributed by atoms with Gasteiger partial charge in [0.15, 0.2) is 0 Å². The topological polar surface area (TPSA) is 18.5 Å². The Morgan fingerprint density at radius 1 is 0.909 bits per heavy atom. The molecule has 0 bridgehead atoms. The Morgan fingerprint density at radius 2 is 1.55 bits per heavy atom. The molecule has 0 aromatic heterocycles. The van der Waals surface area contributed by atoms with Crippen molar-refractivity contribution >= 4 is 0 Å². The van der Waals surface area contributed by atoms with Crippen LogP contribution in [0, 0.1) is 14.0 Å². The van der Waals surface area contributed by atoms with E-state index in [1.54, 1.807) is 0 Å². The van der Waals surface area contributed by atoms with Crippen molar-refractivity contribution < 1.29 is 9.47 Å². The van der Waals surface area contributed by atoms with Crippen molar-refractivity contribution in [1.82, 2.24) is 0 Å². The van der Waals surface area contributed by atoms with Crippen molar-refractivity contribution in [2.45, 2.75) is 25.7 Å². The highest BCUT2D eigenvalue weighted by molar-refractivity contribution is 4.41. The molecule has 0 saturated heterocycles. The van der Waals surface area contributed by atoms with Crippen molar-refractivity contribution in [3.63, 3.8) is 0 Å². The third-order valence-electron chi connectivity index (χ3n) is 1.37. The predicted octanol–water partition coefficient (Wildman–Crippen LogP) is 2.21. The molecular formula is C9H18O2. The molecule has 0 rings (SSSR count). The molecule has 2 nitrogen and oxygen atoms in total. The normalized spacial score (nSPS) is 10.4. The average molecular weight is 158 g/mol. The molecule has 0 fully saturated rings. The number of rotatable bonds is 8. The van der Waals surface area contributed by atoms with Gasteiger partial charge < -0.3 is 9.47 Å². The van der Waals surface area contributed by atoms with Crippen LogP contribution in [0.1, 0.15) is 25.7 Å². The second kappa shape index (κ2) is 9.92. The van der Waals surface area contributed by atoms with Gasteiger partial charge in [-0.1, -0.05) is 13.3 Å². The van der Waals surface area contributed by atoms with Crippen molar-refractivity contribution in [3.05, 3.63) is 14.0 Å². The average Bonchev–Trinajstić information content (AvgIpc) is 2.03. The Bertz CT molecular complexity index is 56.6. The highest BCUT2D eigenvalue weighted by atomic mass is 16.5. The lowest BCUT2D eigenvalue weighted by Gasteiger charge is -2.01. The van der Waals surface area contributed by atoms with E-state index < -0.39 is 0 Å². The largest absolute Gasteiger partial charge is 0.381 e. The van der Waals surface area contributed by atoms with E-state index in [2.05, 4.69) is 18.8 Å². The van der Waals surface area contributed by atoms with E-state index in [-0.39, 0.29) is 0 Å². The van der Waals surface area contributed by atoms with Crippen LogP contribution in [0.4, 0.5) is 0 Å². The third kappa shape index (κ3) is 9.92. The lowest BCUT2D eigenvalue weighted by molar-refractivity contribution is 0.121. The van der Waals surface area contributed by atoms with E-state index in [0.29, 0.717) is 0 Å². The molecule has 0 amide bonds. The Balaban J connectivity index is 2.69. The van der Waals surface area contributed by atoms with Gasteiger partial charge in [0.2, 0.25) is 0 Å². The molecule has 11 heavy (non-hydrogen) atoms. The van der Waals surface area contributed by atoms with E-state index in [0.717, 1.165) is 45.5 Å². The summed E-state index contributed by atoms with van der Waals surface area (Å²) in [4.78, 5) is 0. The first-order chi connectivity index (χ1) is 5.41. The molecule has 0 atom stereocenters. The fraction of sp³-hybridized carbons (Fsp3) is 0.778. The molecule has 0 aromatic rings. The van der Waals surface area contributed by atoms with Gasteiger partial charge in [0.05, 0.1) is 7.11 Å². The summed E-state index contributed by atoms with van der Waals surface area (Å²) in [5.74, 6) is 0. The number of unbranched alkanes of at least 4 members (excludes halogenated alkanes) is 2. The second-order valence-electron chi connectivity index (χ2n) is 2.43. The first kappa shape index (κ1) is 10.9. The molecule has 0 aliphatic heterocycles. The summed E-state index contributed by atoms with van der Waals surface area (Å²) in [5, 5.41) is 0. The van der Waals surface area contributed by atoms with Crippen molar-refractivity contribution in [1.29, 1.82) is 0 Å². The Kier molecular flexibility index (Phi) is 9.85. The number of ether oxygens (including phenoxy) is 2.